The first-order valence-electron chi connectivity index (χ1n) is 10.2. The molecule has 4 rings (SSSR count). The Kier molecular flexibility index (Phi) is 6.04. The number of carbonyl (C=O) groups is 1. The molecule has 3 aromatic carbocycles. The molecule has 0 aromatic heterocycles. The van der Waals surface area contributed by atoms with Crippen LogP contribution in [0.25, 0.3) is 10.8 Å². The van der Waals surface area contributed by atoms with Gasteiger partial charge in [0.25, 0.3) is 0 Å². The standard InChI is InChI=1S/C24H25N3O4/c25-18-6-3-15-1-2-17(23(14-27-30)21(15)12-18)11-22(24(28)29)16-4-7-19(8-5-16)31-20-9-10-26-13-20/h1-8,12,14,20,22,26,30H,9-11,13,25H2,(H,28,29)/t20-,22?/m0/s1. The lowest BCUT2D eigenvalue weighted by atomic mass is 9.88. The Morgan fingerprint density at radius 3 is 2.68 bits per heavy atom. The molecular weight excluding hydrogens is 394 g/mol. The van der Waals surface area contributed by atoms with E-state index in [0.717, 1.165) is 41.6 Å². The van der Waals surface area contributed by atoms with Gasteiger partial charge in [-0.25, -0.2) is 0 Å². The summed E-state index contributed by atoms with van der Waals surface area (Å²) >= 11 is 0. The molecule has 7 heteroatoms. The lowest BCUT2D eigenvalue weighted by molar-refractivity contribution is -0.138. The van der Waals surface area contributed by atoms with E-state index < -0.39 is 11.9 Å². The Hall–Kier alpha value is -3.58. The van der Waals surface area contributed by atoms with E-state index in [0.29, 0.717) is 16.8 Å². The second-order valence-corrected chi connectivity index (χ2v) is 7.76. The van der Waals surface area contributed by atoms with Crippen molar-refractivity contribution in [1.29, 1.82) is 0 Å². The summed E-state index contributed by atoms with van der Waals surface area (Å²) in [4.78, 5) is 12.1. The van der Waals surface area contributed by atoms with Crippen LogP contribution in [0.1, 0.15) is 29.0 Å². The van der Waals surface area contributed by atoms with E-state index in [1.165, 1.54) is 6.21 Å². The first-order valence-corrected chi connectivity index (χ1v) is 10.2. The Balaban J connectivity index is 1.63. The quantitative estimate of drug-likeness (QED) is 0.202. The zero-order valence-electron chi connectivity index (χ0n) is 17.0. The molecule has 0 bridgehead atoms. The summed E-state index contributed by atoms with van der Waals surface area (Å²) in [5.41, 5.74) is 8.63. The van der Waals surface area contributed by atoms with Crippen LogP contribution in [-0.4, -0.2) is 41.7 Å². The van der Waals surface area contributed by atoms with Gasteiger partial charge in [0.15, 0.2) is 0 Å². The number of benzene rings is 3. The molecule has 1 heterocycles. The number of nitrogen functional groups attached to an aromatic ring is 1. The van der Waals surface area contributed by atoms with Crippen molar-refractivity contribution in [3.8, 4) is 5.75 Å². The molecule has 1 saturated heterocycles. The first-order chi connectivity index (χ1) is 15.0. The first kappa shape index (κ1) is 20.7. The second kappa shape index (κ2) is 9.06. The lowest BCUT2D eigenvalue weighted by Crippen LogP contribution is -2.19. The van der Waals surface area contributed by atoms with Crippen LogP contribution in [0.2, 0.25) is 0 Å². The Bertz CT molecular complexity index is 1110. The fourth-order valence-corrected chi connectivity index (χ4v) is 4.06. The third-order valence-electron chi connectivity index (χ3n) is 5.69. The molecule has 0 amide bonds. The number of anilines is 1. The average molecular weight is 419 g/mol. The molecule has 0 radical (unpaired) electrons. The molecule has 0 saturated carbocycles. The van der Waals surface area contributed by atoms with Crippen LogP contribution in [0.4, 0.5) is 5.69 Å². The molecule has 2 atom stereocenters. The number of carboxylic acids is 1. The van der Waals surface area contributed by atoms with Crippen LogP contribution in [0.15, 0.2) is 59.8 Å². The highest BCUT2D eigenvalue weighted by Crippen LogP contribution is 2.29. The van der Waals surface area contributed by atoms with Gasteiger partial charge in [-0.15, -0.1) is 0 Å². The van der Waals surface area contributed by atoms with Crippen LogP contribution in [0.5, 0.6) is 5.75 Å². The molecule has 160 valence electrons. The van der Waals surface area contributed by atoms with E-state index >= 15 is 0 Å². The van der Waals surface area contributed by atoms with E-state index in [1.54, 1.807) is 24.3 Å². The number of rotatable bonds is 7. The predicted octanol–water partition coefficient (Wildman–Crippen LogP) is 3.38. The van der Waals surface area contributed by atoms with Crippen LogP contribution in [-0.2, 0) is 11.2 Å². The van der Waals surface area contributed by atoms with E-state index in [2.05, 4.69) is 10.5 Å². The van der Waals surface area contributed by atoms with Crippen molar-refractivity contribution in [2.24, 2.45) is 5.16 Å². The number of nitrogens with zero attached hydrogens (tertiary/aromatic N) is 1. The molecule has 0 spiro atoms. The smallest absolute Gasteiger partial charge is 0.311 e. The van der Waals surface area contributed by atoms with Crippen LogP contribution in [0.3, 0.4) is 0 Å². The molecule has 1 aliphatic heterocycles. The van der Waals surface area contributed by atoms with Gasteiger partial charge in [0.1, 0.15) is 11.9 Å². The number of nitrogens with one attached hydrogen (secondary N) is 1. The van der Waals surface area contributed by atoms with Crippen molar-refractivity contribution in [2.45, 2.75) is 24.9 Å². The number of oxime groups is 1. The summed E-state index contributed by atoms with van der Waals surface area (Å²) in [6, 6.07) is 16.5. The third kappa shape index (κ3) is 4.62. The molecular formula is C24H25N3O4. The molecule has 1 unspecified atom stereocenters. The normalized spacial score (nSPS) is 17.2. The Labute approximate surface area is 180 Å². The number of fused-ring (bicyclic) bond motifs is 1. The van der Waals surface area contributed by atoms with Crippen LogP contribution < -0.4 is 15.8 Å². The number of hydrogen-bond acceptors (Lipinski definition) is 6. The van der Waals surface area contributed by atoms with Gasteiger partial charge in [0.2, 0.25) is 0 Å². The summed E-state index contributed by atoms with van der Waals surface area (Å²) in [5, 5.41) is 27.3. The van der Waals surface area contributed by atoms with E-state index in [4.69, 9.17) is 10.5 Å². The maximum Gasteiger partial charge on any atom is 0.311 e. The summed E-state index contributed by atoms with van der Waals surface area (Å²) in [6.45, 7) is 1.77. The van der Waals surface area contributed by atoms with Gasteiger partial charge in [-0.05, 0) is 65.6 Å². The summed E-state index contributed by atoms with van der Waals surface area (Å²) < 4.78 is 5.93. The largest absolute Gasteiger partial charge is 0.489 e. The number of carboxylic acid groups (broad SMARTS) is 1. The van der Waals surface area contributed by atoms with Gasteiger partial charge < -0.3 is 26.1 Å². The minimum Gasteiger partial charge on any atom is -0.489 e. The minimum absolute atomic E-state index is 0.145. The maximum absolute atomic E-state index is 12.1. The van der Waals surface area contributed by atoms with Gasteiger partial charge in [-0.1, -0.05) is 35.5 Å². The number of aliphatic carboxylic acids is 1. The Morgan fingerprint density at radius 1 is 1.23 bits per heavy atom. The molecule has 0 aliphatic carbocycles. The highest BCUT2D eigenvalue weighted by Gasteiger charge is 2.23. The van der Waals surface area contributed by atoms with E-state index in [-0.39, 0.29) is 12.5 Å². The molecule has 1 fully saturated rings. The van der Waals surface area contributed by atoms with Crippen molar-refractivity contribution in [3.05, 3.63) is 71.3 Å². The maximum atomic E-state index is 12.1. The number of nitrogens with two attached hydrogens (primary N) is 1. The van der Waals surface area contributed by atoms with Crippen molar-refractivity contribution in [3.63, 3.8) is 0 Å². The summed E-state index contributed by atoms with van der Waals surface area (Å²) in [7, 11) is 0. The minimum atomic E-state index is -0.923. The van der Waals surface area contributed by atoms with Gasteiger partial charge in [0, 0.05) is 17.8 Å². The second-order valence-electron chi connectivity index (χ2n) is 7.76. The van der Waals surface area contributed by atoms with Crippen molar-refractivity contribution in [1.82, 2.24) is 5.32 Å². The van der Waals surface area contributed by atoms with Gasteiger partial charge in [-0.3, -0.25) is 4.79 Å². The zero-order chi connectivity index (χ0) is 21.8. The highest BCUT2D eigenvalue weighted by atomic mass is 16.5. The van der Waals surface area contributed by atoms with Crippen molar-refractivity contribution < 1.29 is 19.8 Å². The molecule has 7 nitrogen and oxygen atoms in total. The molecule has 3 aromatic rings. The summed E-state index contributed by atoms with van der Waals surface area (Å²) in [6.07, 6.45) is 2.68. The third-order valence-corrected chi connectivity index (χ3v) is 5.69. The van der Waals surface area contributed by atoms with Crippen LogP contribution >= 0.6 is 0 Å². The van der Waals surface area contributed by atoms with Crippen molar-refractivity contribution in [2.75, 3.05) is 18.8 Å². The number of ether oxygens (including phenoxy) is 1. The van der Waals surface area contributed by atoms with Gasteiger partial charge in [0.05, 0.1) is 12.1 Å². The van der Waals surface area contributed by atoms with Crippen LogP contribution in [0, 0.1) is 0 Å². The predicted molar refractivity (Wildman–Crippen MR) is 120 cm³/mol. The van der Waals surface area contributed by atoms with Gasteiger partial charge >= 0.3 is 5.97 Å². The van der Waals surface area contributed by atoms with Crippen molar-refractivity contribution >= 4 is 28.6 Å². The number of hydrogen-bond donors (Lipinski definition) is 4. The van der Waals surface area contributed by atoms with Gasteiger partial charge in [-0.2, -0.15) is 0 Å². The summed E-state index contributed by atoms with van der Waals surface area (Å²) in [5.74, 6) is -0.948. The Morgan fingerprint density at radius 2 is 2.00 bits per heavy atom. The topological polar surface area (TPSA) is 117 Å². The average Bonchev–Trinajstić information content (AvgIpc) is 3.27. The fourth-order valence-electron chi connectivity index (χ4n) is 4.06. The zero-order valence-corrected chi connectivity index (χ0v) is 17.0. The van der Waals surface area contributed by atoms with E-state index in [1.807, 2.05) is 30.3 Å². The molecule has 31 heavy (non-hydrogen) atoms. The lowest BCUT2D eigenvalue weighted by Gasteiger charge is -2.17. The monoisotopic (exact) mass is 419 g/mol. The fraction of sp³-hybridized carbons (Fsp3) is 0.250. The van der Waals surface area contributed by atoms with E-state index in [9.17, 15) is 15.1 Å². The SMILES string of the molecule is Nc1ccc2ccc(CC(C(=O)O)c3ccc(O[C@H]4CCNC4)cc3)c(C=NO)c2c1. The molecule has 1 aliphatic rings. The molecule has 5 N–H and O–H groups in total. The highest BCUT2D eigenvalue weighted by molar-refractivity contribution is 6.02.